The first kappa shape index (κ1) is 39.9. The number of amides is 7. The van der Waals surface area contributed by atoms with Crippen molar-refractivity contribution in [2.75, 3.05) is 13.1 Å². The first-order valence-electron chi connectivity index (χ1n) is 17.7. The number of carbonyl (C=O) groups is 7. The Bertz CT molecular complexity index is 1400. The molecule has 2 saturated heterocycles. The fourth-order valence-corrected chi connectivity index (χ4v) is 6.40. The maximum Gasteiger partial charge on any atom is 0.246 e. The van der Waals surface area contributed by atoms with Crippen molar-refractivity contribution >= 4 is 41.4 Å². The zero-order valence-corrected chi connectivity index (χ0v) is 30.4. The third-order valence-electron chi connectivity index (χ3n) is 9.26. The van der Waals surface area contributed by atoms with Gasteiger partial charge < -0.3 is 36.8 Å². The van der Waals surface area contributed by atoms with E-state index in [0.29, 0.717) is 19.3 Å². The summed E-state index contributed by atoms with van der Waals surface area (Å²) in [5.41, 5.74) is -0.557. The number of benzene rings is 1. The summed E-state index contributed by atoms with van der Waals surface area (Å²) in [6.07, 6.45) is 1.91. The lowest BCUT2D eigenvalue weighted by molar-refractivity contribution is -0.143. The van der Waals surface area contributed by atoms with Gasteiger partial charge in [0.25, 0.3) is 0 Å². The first-order chi connectivity index (χ1) is 23.5. The molecule has 3 rings (SSSR count). The normalized spacial score (nSPS) is 26.0. The maximum atomic E-state index is 14.4. The molecule has 1 aromatic rings. The van der Waals surface area contributed by atoms with Gasteiger partial charge in [-0.2, -0.15) is 0 Å². The number of hydrogen-bond donors (Lipinski definition) is 6. The Morgan fingerprint density at radius 2 is 1.62 bits per heavy atom. The second kappa shape index (κ2) is 18.0. The van der Waals surface area contributed by atoms with E-state index in [1.807, 2.05) is 44.2 Å². The molecule has 2 heterocycles. The van der Waals surface area contributed by atoms with E-state index < -0.39 is 77.1 Å². The largest absolute Gasteiger partial charge is 0.354 e. The van der Waals surface area contributed by atoms with Gasteiger partial charge in [0.2, 0.25) is 41.4 Å². The third kappa shape index (κ3) is 10.8. The van der Waals surface area contributed by atoms with E-state index in [4.69, 9.17) is 0 Å². The fourth-order valence-electron chi connectivity index (χ4n) is 6.40. The molecular formula is C36H55N7O7. The van der Waals surface area contributed by atoms with Crippen molar-refractivity contribution in [3.63, 3.8) is 0 Å². The van der Waals surface area contributed by atoms with Crippen molar-refractivity contribution in [1.82, 2.24) is 36.8 Å². The van der Waals surface area contributed by atoms with E-state index in [1.54, 1.807) is 27.7 Å². The van der Waals surface area contributed by atoms with Crippen LogP contribution >= 0.6 is 0 Å². The van der Waals surface area contributed by atoms with Gasteiger partial charge in [0.15, 0.2) is 0 Å². The second-order valence-corrected chi connectivity index (χ2v) is 14.3. The van der Waals surface area contributed by atoms with Gasteiger partial charge in [-0.3, -0.25) is 33.6 Å². The molecule has 6 atom stereocenters. The van der Waals surface area contributed by atoms with Crippen LogP contribution in [0.15, 0.2) is 30.3 Å². The number of nitrogens with one attached hydrogen (secondary N) is 6. The Morgan fingerprint density at radius 1 is 0.960 bits per heavy atom. The fraction of sp³-hybridized carbons (Fsp3) is 0.639. The van der Waals surface area contributed by atoms with Crippen LogP contribution < -0.4 is 31.9 Å². The minimum absolute atomic E-state index is 0.0894. The molecule has 1 aromatic carbocycles. The van der Waals surface area contributed by atoms with Crippen molar-refractivity contribution in [2.24, 2.45) is 11.8 Å². The van der Waals surface area contributed by atoms with Crippen LogP contribution in [0, 0.1) is 11.8 Å². The molecule has 2 aliphatic heterocycles. The zero-order valence-electron chi connectivity index (χ0n) is 30.4. The highest BCUT2D eigenvalue weighted by molar-refractivity contribution is 5.98. The minimum Gasteiger partial charge on any atom is -0.354 e. The van der Waals surface area contributed by atoms with Gasteiger partial charge in [0.1, 0.15) is 35.7 Å². The van der Waals surface area contributed by atoms with Crippen LogP contribution in [-0.4, -0.2) is 95.1 Å². The number of rotatable bonds is 8. The lowest BCUT2D eigenvalue weighted by atomic mass is 9.98. The van der Waals surface area contributed by atoms with Crippen LogP contribution in [0.2, 0.25) is 0 Å². The average Bonchev–Trinajstić information content (AvgIpc) is 3.44. The topological polar surface area (TPSA) is 195 Å². The molecule has 14 nitrogen and oxygen atoms in total. The van der Waals surface area contributed by atoms with E-state index in [-0.39, 0.29) is 44.2 Å². The van der Waals surface area contributed by atoms with Crippen molar-refractivity contribution in [2.45, 2.75) is 123 Å². The predicted molar refractivity (Wildman–Crippen MR) is 187 cm³/mol. The number of carbonyl (C=O) groups excluding carboxylic acids is 7. The highest BCUT2D eigenvalue weighted by Gasteiger charge is 2.44. The van der Waals surface area contributed by atoms with Gasteiger partial charge in [0.05, 0.1) is 0 Å². The van der Waals surface area contributed by atoms with Crippen LogP contribution in [0.4, 0.5) is 0 Å². The summed E-state index contributed by atoms with van der Waals surface area (Å²) >= 11 is 0. The van der Waals surface area contributed by atoms with E-state index in [0.717, 1.165) is 5.56 Å². The highest BCUT2D eigenvalue weighted by Crippen LogP contribution is 2.26. The molecule has 6 N–H and O–H groups in total. The van der Waals surface area contributed by atoms with Gasteiger partial charge in [-0.15, -0.1) is 0 Å². The highest BCUT2D eigenvalue weighted by atomic mass is 16.2. The molecule has 0 radical (unpaired) electrons. The lowest BCUT2D eigenvalue weighted by Gasteiger charge is -2.33. The van der Waals surface area contributed by atoms with Gasteiger partial charge in [-0.05, 0) is 56.9 Å². The van der Waals surface area contributed by atoms with E-state index in [2.05, 4.69) is 31.9 Å². The Labute approximate surface area is 295 Å². The summed E-state index contributed by atoms with van der Waals surface area (Å²) in [5.74, 6) is -4.04. The summed E-state index contributed by atoms with van der Waals surface area (Å²) < 4.78 is 0. The number of hydrogen-bond acceptors (Lipinski definition) is 7. The maximum absolute atomic E-state index is 14.4. The monoisotopic (exact) mass is 697 g/mol. The predicted octanol–water partition coefficient (Wildman–Crippen LogP) is 0.686. The van der Waals surface area contributed by atoms with E-state index in [1.165, 1.54) is 11.8 Å². The Balaban J connectivity index is 2.03. The molecule has 0 saturated carbocycles. The molecule has 0 bridgehead atoms. The molecule has 276 valence electrons. The molecule has 2 aliphatic rings. The molecule has 6 unspecified atom stereocenters. The molecule has 0 aliphatic carbocycles. The Kier molecular flexibility index (Phi) is 14.3. The van der Waals surface area contributed by atoms with Gasteiger partial charge >= 0.3 is 0 Å². The number of fused-ring (bicyclic) bond motifs is 1. The first-order valence-corrected chi connectivity index (χ1v) is 17.7. The average molecular weight is 698 g/mol. The Morgan fingerprint density at radius 3 is 2.24 bits per heavy atom. The van der Waals surface area contributed by atoms with Crippen LogP contribution in [0.5, 0.6) is 0 Å². The number of nitrogens with zero attached hydrogens (tertiary/aromatic N) is 1. The van der Waals surface area contributed by atoms with Crippen molar-refractivity contribution < 1.29 is 33.6 Å². The quantitative estimate of drug-likeness (QED) is 0.230. The summed E-state index contributed by atoms with van der Waals surface area (Å²) in [5, 5.41) is 16.6. The SMILES string of the molecule is CCCC1NC(=O)C2C(C)CCN2C(=O)C(Cc2ccccc2)NC(=O)C(NC(=O)C(NC(C)=O)C(C)C)CCCNC(=O)C(C)(C)NC1=O. The molecule has 7 amide bonds. The van der Waals surface area contributed by atoms with Crippen LogP contribution in [-0.2, 0) is 40.0 Å². The van der Waals surface area contributed by atoms with Gasteiger partial charge in [0, 0.05) is 26.4 Å². The van der Waals surface area contributed by atoms with E-state index in [9.17, 15) is 33.6 Å². The van der Waals surface area contributed by atoms with Crippen molar-refractivity contribution in [3.8, 4) is 0 Å². The minimum atomic E-state index is -1.33. The Hall–Kier alpha value is -4.49. The van der Waals surface area contributed by atoms with Crippen LogP contribution in [0.3, 0.4) is 0 Å². The molecule has 14 heteroatoms. The standard InChI is InChI=1S/C36H55N7O7/c1-8-13-25-31(46)42-36(6,7)35(50)37-18-12-16-26(39-32(47)28(21(2)3)38-23(5)44)30(45)41-27(20-24-14-10-9-11-15-24)34(49)43-19-17-22(4)29(43)33(48)40-25/h9-11,14-15,21-22,25-29H,8,12-13,16-20H2,1-7H3,(H,37,50)(H,38,44)(H,39,47)(H,40,48)(H,41,45)(H,42,46). The van der Waals surface area contributed by atoms with Crippen LogP contribution in [0.25, 0.3) is 0 Å². The smallest absolute Gasteiger partial charge is 0.246 e. The summed E-state index contributed by atoms with van der Waals surface area (Å²) in [6.45, 7) is 12.1. The third-order valence-corrected chi connectivity index (χ3v) is 9.26. The van der Waals surface area contributed by atoms with E-state index >= 15 is 0 Å². The summed E-state index contributed by atoms with van der Waals surface area (Å²) in [4.78, 5) is 95.7. The lowest BCUT2D eigenvalue weighted by Crippen LogP contribution is -2.62. The molecule has 0 aromatic heterocycles. The second-order valence-electron chi connectivity index (χ2n) is 14.3. The summed E-state index contributed by atoms with van der Waals surface area (Å²) in [6, 6.07) is 4.18. The molecule has 2 fully saturated rings. The molecule has 0 spiro atoms. The summed E-state index contributed by atoms with van der Waals surface area (Å²) in [7, 11) is 0. The molecular weight excluding hydrogens is 642 g/mol. The van der Waals surface area contributed by atoms with Crippen LogP contribution in [0.1, 0.15) is 86.1 Å². The molecule has 50 heavy (non-hydrogen) atoms. The zero-order chi connectivity index (χ0) is 37.2. The van der Waals surface area contributed by atoms with Gasteiger partial charge in [-0.25, -0.2) is 0 Å². The van der Waals surface area contributed by atoms with Gasteiger partial charge in [-0.1, -0.05) is 64.4 Å². The van der Waals surface area contributed by atoms with Crippen molar-refractivity contribution in [1.29, 1.82) is 0 Å². The van der Waals surface area contributed by atoms with Crippen molar-refractivity contribution in [3.05, 3.63) is 35.9 Å².